The van der Waals surface area contributed by atoms with Gasteiger partial charge in [-0.05, 0) is 35.6 Å². The lowest BCUT2D eigenvalue weighted by Crippen LogP contribution is -2.42. The van der Waals surface area contributed by atoms with E-state index in [2.05, 4.69) is 37.0 Å². The van der Waals surface area contributed by atoms with Crippen molar-refractivity contribution in [3.05, 3.63) is 41.5 Å². The molecule has 1 aromatic rings. The Bertz CT molecular complexity index is 496. The maximum absolute atomic E-state index is 9.84. The van der Waals surface area contributed by atoms with Crippen molar-refractivity contribution in [1.82, 2.24) is 4.90 Å². The second kappa shape index (κ2) is 9.06. The lowest BCUT2D eigenvalue weighted by atomic mass is 10.0. The Balaban J connectivity index is 2.12. The minimum absolute atomic E-state index is 0.139. The SMILES string of the molecule is COc1ccc(CN(CC2=CCCOC2)[C@H](CO)C(C)C)cc1. The Kier molecular flexibility index (Phi) is 7.09. The molecule has 0 unspecified atom stereocenters. The van der Waals surface area contributed by atoms with Crippen molar-refractivity contribution in [2.75, 3.05) is 33.5 Å². The summed E-state index contributed by atoms with van der Waals surface area (Å²) in [7, 11) is 1.68. The molecule has 0 aromatic heterocycles. The largest absolute Gasteiger partial charge is 0.497 e. The number of methoxy groups -OCH3 is 1. The van der Waals surface area contributed by atoms with E-state index in [4.69, 9.17) is 9.47 Å². The van der Waals surface area contributed by atoms with E-state index in [0.717, 1.165) is 31.9 Å². The van der Waals surface area contributed by atoms with Gasteiger partial charge in [-0.3, -0.25) is 4.90 Å². The van der Waals surface area contributed by atoms with Gasteiger partial charge in [0.05, 0.1) is 26.9 Å². The van der Waals surface area contributed by atoms with Crippen LogP contribution in [0.25, 0.3) is 0 Å². The van der Waals surface area contributed by atoms with Crippen molar-refractivity contribution in [2.24, 2.45) is 5.92 Å². The molecule has 1 aromatic carbocycles. The van der Waals surface area contributed by atoms with E-state index in [1.54, 1.807) is 7.11 Å². The fraction of sp³-hybridized carbons (Fsp3) is 0.579. The van der Waals surface area contributed by atoms with E-state index in [1.165, 1.54) is 11.1 Å². The normalized spacial score (nSPS) is 16.5. The summed E-state index contributed by atoms with van der Waals surface area (Å²) in [6, 6.07) is 8.29. The van der Waals surface area contributed by atoms with Gasteiger partial charge in [0.1, 0.15) is 5.75 Å². The van der Waals surface area contributed by atoms with E-state index in [9.17, 15) is 5.11 Å². The molecule has 23 heavy (non-hydrogen) atoms. The molecule has 1 atom stereocenters. The van der Waals surface area contributed by atoms with Crippen LogP contribution in [-0.2, 0) is 11.3 Å². The standard InChI is InChI=1S/C19H29NO3/c1-15(2)19(13-21)20(12-17-5-4-10-23-14-17)11-16-6-8-18(22-3)9-7-16/h5-9,15,19,21H,4,10-14H2,1-3H3/t19-/m1/s1. The smallest absolute Gasteiger partial charge is 0.118 e. The molecule has 0 saturated heterocycles. The van der Waals surface area contributed by atoms with E-state index in [1.807, 2.05) is 12.1 Å². The molecule has 1 aliphatic rings. The zero-order chi connectivity index (χ0) is 16.7. The van der Waals surface area contributed by atoms with E-state index in [0.29, 0.717) is 12.5 Å². The number of benzene rings is 1. The Hall–Kier alpha value is -1.36. The molecule has 0 bridgehead atoms. The number of aliphatic hydroxyl groups excluding tert-OH is 1. The van der Waals surface area contributed by atoms with Crippen molar-refractivity contribution in [3.8, 4) is 5.75 Å². The van der Waals surface area contributed by atoms with Crippen LogP contribution in [0.15, 0.2) is 35.9 Å². The minimum Gasteiger partial charge on any atom is -0.497 e. The summed E-state index contributed by atoms with van der Waals surface area (Å²) >= 11 is 0. The molecular formula is C19H29NO3. The average Bonchev–Trinajstić information content (AvgIpc) is 2.56. The van der Waals surface area contributed by atoms with Gasteiger partial charge in [0.2, 0.25) is 0 Å². The van der Waals surface area contributed by atoms with Crippen LogP contribution in [-0.4, -0.2) is 49.5 Å². The lowest BCUT2D eigenvalue weighted by molar-refractivity contribution is 0.0827. The van der Waals surface area contributed by atoms with Crippen LogP contribution in [0, 0.1) is 5.92 Å². The van der Waals surface area contributed by atoms with Crippen molar-refractivity contribution in [3.63, 3.8) is 0 Å². The van der Waals surface area contributed by atoms with Crippen LogP contribution in [0.4, 0.5) is 0 Å². The molecule has 4 heteroatoms. The van der Waals surface area contributed by atoms with Crippen LogP contribution in [0.5, 0.6) is 5.75 Å². The third-order valence-electron chi connectivity index (χ3n) is 4.36. The zero-order valence-corrected chi connectivity index (χ0v) is 14.5. The molecule has 128 valence electrons. The number of rotatable bonds is 8. The second-order valence-corrected chi connectivity index (χ2v) is 6.45. The summed E-state index contributed by atoms with van der Waals surface area (Å²) in [5, 5.41) is 9.84. The van der Waals surface area contributed by atoms with E-state index >= 15 is 0 Å². The molecule has 0 aliphatic carbocycles. The molecule has 1 N–H and O–H groups in total. The second-order valence-electron chi connectivity index (χ2n) is 6.45. The molecule has 4 nitrogen and oxygen atoms in total. The van der Waals surface area contributed by atoms with Crippen LogP contribution < -0.4 is 4.74 Å². The average molecular weight is 319 g/mol. The van der Waals surface area contributed by atoms with E-state index < -0.39 is 0 Å². The fourth-order valence-electron chi connectivity index (χ4n) is 2.98. The van der Waals surface area contributed by atoms with Gasteiger partial charge in [-0.15, -0.1) is 0 Å². The first-order valence-electron chi connectivity index (χ1n) is 8.37. The Morgan fingerprint density at radius 2 is 1.96 bits per heavy atom. The highest BCUT2D eigenvalue weighted by Crippen LogP contribution is 2.19. The molecule has 0 radical (unpaired) electrons. The fourth-order valence-corrected chi connectivity index (χ4v) is 2.98. The maximum atomic E-state index is 9.84. The summed E-state index contributed by atoms with van der Waals surface area (Å²) < 4.78 is 10.8. The first kappa shape index (κ1) is 18.0. The highest BCUT2D eigenvalue weighted by Gasteiger charge is 2.22. The molecule has 0 saturated carbocycles. The first-order chi connectivity index (χ1) is 11.1. The van der Waals surface area contributed by atoms with Crippen LogP contribution >= 0.6 is 0 Å². The van der Waals surface area contributed by atoms with Gasteiger partial charge in [-0.25, -0.2) is 0 Å². The summed E-state index contributed by atoms with van der Waals surface area (Å²) in [6.07, 6.45) is 3.26. The van der Waals surface area contributed by atoms with Gasteiger partial charge in [-0.2, -0.15) is 0 Å². The van der Waals surface area contributed by atoms with Crippen molar-refractivity contribution >= 4 is 0 Å². The van der Waals surface area contributed by atoms with Crippen LogP contribution in [0.3, 0.4) is 0 Å². The first-order valence-corrected chi connectivity index (χ1v) is 8.37. The highest BCUT2D eigenvalue weighted by molar-refractivity contribution is 5.27. The molecule has 1 heterocycles. The predicted octanol–water partition coefficient (Wildman–Crippen LogP) is 2.86. The monoisotopic (exact) mass is 319 g/mol. The van der Waals surface area contributed by atoms with Gasteiger partial charge in [-0.1, -0.05) is 32.1 Å². The summed E-state index contributed by atoms with van der Waals surface area (Å²) in [5.41, 5.74) is 2.53. The maximum Gasteiger partial charge on any atom is 0.118 e. The van der Waals surface area contributed by atoms with Gasteiger partial charge in [0.15, 0.2) is 0 Å². The third-order valence-corrected chi connectivity index (χ3v) is 4.36. The molecular weight excluding hydrogens is 290 g/mol. The van der Waals surface area contributed by atoms with Gasteiger partial charge >= 0.3 is 0 Å². The summed E-state index contributed by atoms with van der Waals surface area (Å²) in [5.74, 6) is 1.26. The van der Waals surface area contributed by atoms with Gasteiger partial charge < -0.3 is 14.6 Å². The quantitative estimate of drug-likeness (QED) is 0.748. The number of hydrogen-bond donors (Lipinski definition) is 1. The Labute approximate surface area is 139 Å². The predicted molar refractivity (Wildman–Crippen MR) is 92.6 cm³/mol. The van der Waals surface area contributed by atoms with E-state index in [-0.39, 0.29) is 12.6 Å². The minimum atomic E-state index is 0.139. The van der Waals surface area contributed by atoms with Crippen molar-refractivity contribution in [2.45, 2.75) is 32.9 Å². The van der Waals surface area contributed by atoms with Gasteiger partial charge in [0.25, 0.3) is 0 Å². The molecule has 0 spiro atoms. The van der Waals surface area contributed by atoms with Crippen LogP contribution in [0.1, 0.15) is 25.8 Å². The molecule has 0 amide bonds. The Morgan fingerprint density at radius 3 is 2.48 bits per heavy atom. The number of ether oxygens (including phenoxy) is 2. The number of nitrogens with zero attached hydrogens (tertiary/aromatic N) is 1. The van der Waals surface area contributed by atoms with Crippen molar-refractivity contribution in [1.29, 1.82) is 0 Å². The summed E-state index contributed by atoms with van der Waals surface area (Å²) in [4.78, 5) is 2.35. The Morgan fingerprint density at radius 1 is 1.22 bits per heavy atom. The molecule has 2 rings (SSSR count). The van der Waals surface area contributed by atoms with Crippen molar-refractivity contribution < 1.29 is 14.6 Å². The van der Waals surface area contributed by atoms with Crippen LogP contribution in [0.2, 0.25) is 0 Å². The highest BCUT2D eigenvalue weighted by atomic mass is 16.5. The summed E-state index contributed by atoms with van der Waals surface area (Å²) in [6.45, 7) is 7.66. The number of aliphatic hydroxyl groups is 1. The molecule has 1 aliphatic heterocycles. The molecule has 0 fully saturated rings. The third kappa shape index (κ3) is 5.34. The lowest BCUT2D eigenvalue weighted by Gasteiger charge is -2.34. The zero-order valence-electron chi connectivity index (χ0n) is 14.5. The number of hydrogen-bond acceptors (Lipinski definition) is 4. The van der Waals surface area contributed by atoms with Gasteiger partial charge in [0, 0.05) is 19.1 Å². The topological polar surface area (TPSA) is 41.9 Å².